The van der Waals surface area contributed by atoms with Gasteiger partial charge in [-0.05, 0) is 61.4 Å². The predicted octanol–water partition coefficient (Wildman–Crippen LogP) is 6.62. The van der Waals surface area contributed by atoms with E-state index in [9.17, 15) is 8.78 Å². The summed E-state index contributed by atoms with van der Waals surface area (Å²) in [5.41, 5.74) is -0.0445. The second-order valence-electron chi connectivity index (χ2n) is 7.23. The molecule has 0 amide bonds. The standard InChI is InChI=1S/C25H26F2O3/c1-3-29-21-14-12-20(13-15-21)25(2,24(26)27)18-28-17-19-8-7-11-23(16-19)30-22-9-5-4-6-10-22/h4-16,24H,3,17-18H2,1-2H3. The van der Waals surface area contributed by atoms with E-state index in [1.807, 2.05) is 61.5 Å². The molecule has 1 unspecified atom stereocenters. The van der Waals surface area contributed by atoms with Crippen molar-refractivity contribution in [3.05, 3.63) is 90.0 Å². The summed E-state index contributed by atoms with van der Waals surface area (Å²) in [6.07, 6.45) is -2.57. The van der Waals surface area contributed by atoms with Crippen LogP contribution in [-0.4, -0.2) is 19.6 Å². The SMILES string of the molecule is CCOc1ccc(C(C)(COCc2cccc(Oc3ccccc3)c2)C(F)F)cc1. The van der Waals surface area contributed by atoms with Crippen LogP contribution in [0.2, 0.25) is 0 Å². The maximum Gasteiger partial charge on any atom is 0.250 e. The lowest BCUT2D eigenvalue weighted by Crippen LogP contribution is -2.36. The van der Waals surface area contributed by atoms with E-state index in [0.29, 0.717) is 23.7 Å². The highest BCUT2D eigenvalue weighted by Crippen LogP contribution is 2.33. The number of alkyl halides is 2. The first-order valence-corrected chi connectivity index (χ1v) is 9.92. The van der Waals surface area contributed by atoms with E-state index in [2.05, 4.69) is 0 Å². The Balaban J connectivity index is 1.63. The lowest BCUT2D eigenvalue weighted by molar-refractivity contribution is -0.0128. The summed E-state index contributed by atoms with van der Waals surface area (Å²) in [4.78, 5) is 0. The largest absolute Gasteiger partial charge is 0.494 e. The van der Waals surface area contributed by atoms with Crippen molar-refractivity contribution in [2.45, 2.75) is 32.3 Å². The molecular weight excluding hydrogens is 386 g/mol. The van der Waals surface area contributed by atoms with Crippen molar-refractivity contribution in [3.63, 3.8) is 0 Å². The molecule has 3 rings (SSSR count). The number of ether oxygens (including phenoxy) is 3. The zero-order valence-corrected chi connectivity index (χ0v) is 17.2. The van der Waals surface area contributed by atoms with Gasteiger partial charge in [-0.25, -0.2) is 8.78 Å². The number of hydrogen-bond acceptors (Lipinski definition) is 3. The summed E-state index contributed by atoms with van der Waals surface area (Å²) in [6.45, 7) is 4.03. The van der Waals surface area contributed by atoms with E-state index in [1.165, 1.54) is 6.92 Å². The lowest BCUT2D eigenvalue weighted by Gasteiger charge is -2.29. The van der Waals surface area contributed by atoms with Crippen LogP contribution in [0.4, 0.5) is 8.78 Å². The van der Waals surface area contributed by atoms with E-state index in [4.69, 9.17) is 14.2 Å². The smallest absolute Gasteiger partial charge is 0.250 e. The molecule has 0 radical (unpaired) electrons. The molecule has 5 heteroatoms. The molecule has 1 atom stereocenters. The lowest BCUT2D eigenvalue weighted by atomic mass is 9.83. The average molecular weight is 412 g/mol. The van der Waals surface area contributed by atoms with Crippen molar-refractivity contribution in [3.8, 4) is 17.2 Å². The topological polar surface area (TPSA) is 27.7 Å². The molecule has 0 fully saturated rings. The van der Waals surface area contributed by atoms with Gasteiger partial charge in [0.2, 0.25) is 6.43 Å². The van der Waals surface area contributed by atoms with Crippen molar-refractivity contribution in [1.29, 1.82) is 0 Å². The third kappa shape index (κ3) is 5.57. The monoisotopic (exact) mass is 412 g/mol. The Labute approximate surface area is 176 Å². The number of para-hydroxylation sites is 1. The van der Waals surface area contributed by atoms with Gasteiger partial charge >= 0.3 is 0 Å². The van der Waals surface area contributed by atoms with Gasteiger partial charge in [0.05, 0.1) is 25.2 Å². The van der Waals surface area contributed by atoms with Gasteiger partial charge < -0.3 is 14.2 Å². The highest BCUT2D eigenvalue weighted by atomic mass is 19.3. The van der Waals surface area contributed by atoms with E-state index in [0.717, 1.165) is 11.3 Å². The minimum atomic E-state index is -2.57. The Morgan fingerprint density at radius 1 is 0.833 bits per heavy atom. The van der Waals surface area contributed by atoms with Gasteiger partial charge in [-0.1, -0.05) is 42.5 Å². The van der Waals surface area contributed by atoms with Crippen LogP contribution in [0, 0.1) is 0 Å². The van der Waals surface area contributed by atoms with E-state index < -0.39 is 11.8 Å². The minimum absolute atomic E-state index is 0.109. The zero-order valence-electron chi connectivity index (χ0n) is 17.2. The van der Waals surface area contributed by atoms with Gasteiger partial charge in [0.25, 0.3) is 0 Å². The molecule has 0 saturated carbocycles. The third-order valence-corrected chi connectivity index (χ3v) is 4.85. The molecule has 158 valence electrons. The Bertz CT molecular complexity index is 913. The summed E-state index contributed by atoms with van der Waals surface area (Å²) in [5.74, 6) is 2.07. The molecule has 0 aliphatic heterocycles. The Kier molecular flexibility index (Phi) is 7.41. The van der Waals surface area contributed by atoms with Gasteiger partial charge in [-0.2, -0.15) is 0 Å². The molecule has 0 aliphatic rings. The minimum Gasteiger partial charge on any atom is -0.494 e. The van der Waals surface area contributed by atoms with Crippen molar-refractivity contribution in [2.24, 2.45) is 0 Å². The van der Waals surface area contributed by atoms with Gasteiger partial charge in [-0.3, -0.25) is 0 Å². The Morgan fingerprint density at radius 3 is 2.20 bits per heavy atom. The van der Waals surface area contributed by atoms with Crippen LogP contribution in [0.1, 0.15) is 25.0 Å². The fourth-order valence-corrected chi connectivity index (χ4v) is 3.08. The fraction of sp³-hybridized carbons (Fsp3) is 0.280. The molecule has 30 heavy (non-hydrogen) atoms. The normalized spacial score (nSPS) is 13.1. The first-order valence-electron chi connectivity index (χ1n) is 9.92. The predicted molar refractivity (Wildman–Crippen MR) is 114 cm³/mol. The summed E-state index contributed by atoms with van der Waals surface area (Å²) < 4.78 is 44.8. The number of rotatable bonds is 10. The molecule has 3 aromatic carbocycles. The summed E-state index contributed by atoms with van der Waals surface area (Å²) in [7, 11) is 0. The molecule has 0 aliphatic carbocycles. The second kappa shape index (κ2) is 10.2. The van der Waals surface area contributed by atoms with E-state index in [1.54, 1.807) is 24.3 Å². The molecular formula is C25H26F2O3. The molecule has 0 N–H and O–H groups in total. The van der Waals surface area contributed by atoms with Crippen LogP contribution in [0.15, 0.2) is 78.9 Å². The van der Waals surface area contributed by atoms with Gasteiger partial charge in [0.15, 0.2) is 0 Å². The average Bonchev–Trinajstić information content (AvgIpc) is 2.75. The number of hydrogen-bond donors (Lipinski definition) is 0. The summed E-state index contributed by atoms with van der Waals surface area (Å²) >= 11 is 0. The maximum atomic E-state index is 13.9. The van der Waals surface area contributed by atoms with Gasteiger partial charge in [0, 0.05) is 0 Å². The van der Waals surface area contributed by atoms with Crippen molar-refractivity contribution >= 4 is 0 Å². The van der Waals surface area contributed by atoms with Crippen LogP contribution in [0.3, 0.4) is 0 Å². The van der Waals surface area contributed by atoms with Crippen LogP contribution < -0.4 is 9.47 Å². The first-order chi connectivity index (χ1) is 14.5. The van der Waals surface area contributed by atoms with Gasteiger partial charge in [-0.15, -0.1) is 0 Å². The van der Waals surface area contributed by atoms with Crippen LogP contribution in [0.25, 0.3) is 0 Å². The highest BCUT2D eigenvalue weighted by Gasteiger charge is 2.37. The van der Waals surface area contributed by atoms with Crippen LogP contribution >= 0.6 is 0 Å². The molecule has 3 aromatic rings. The number of benzene rings is 3. The molecule has 0 spiro atoms. The summed E-state index contributed by atoms with van der Waals surface area (Å²) in [5, 5.41) is 0. The van der Waals surface area contributed by atoms with Gasteiger partial charge in [0.1, 0.15) is 17.2 Å². The first kappa shape index (κ1) is 21.8. The van der Waals surface area contributed by atoms with E-state index in [-0.39, 0.29) is 13.2 Å². The van der Waals surface area contributed by atoms with Crippen molar-refractivity contribution in [2.75, 3.05) is 13.2 Å². The second-order valence-corrected chi connectivity index (χ2v) is 7.23. The summed E-state index contributed by atoms with van der Waals surface area (Å²) in [6, 6.07) is 23.7. The maximum absolute atomic E-state index is 13.9. The van der Waals surface area contributed by atoms with Crippen LogP contribution in [-0.2, 0) is 16.8 Å². The van der Waals surface area contributed by atoms with Crippen molar-refractivity contribution < 1.29 is 23.0 Å². The highest BCUT2D eigenvalue weighted by molar-refractivity contribution is 5.34. The zero-order chi connectivity index (χ0) is 21.4. The molecule has 0 heterocycles. The fourth-order valence-electron chi connectivity index (χ4n) is 3.08. The molecule has 3 nitrogen and oxygen atoms in total. The molecule has 0 aromatic heterocycles. The van der Waals surface area contributed by atoms with Crippen molar-refractivity contribution in [1.82, 2.24) is 0 Å². The van der Waals surface area contributed by atoms with Crippen LogP contribution in [0.5, 0.6) is 17.2 Å². The van der Waals surface area contributed by atoms with E-state index >= 15 is 0 Å². The number of halogens is 2. The Morgan fingerprint density at radius 2 is 1.53 bits per heavy atom. The Hall–Kier alpha value is -2.92. The third-order valence-electron chi connectivity index (χ3n) is 4.85. The molecule has 0 saturated heterocycles. The molecule has 0 bridgehead atoms. The quantitative estimate of drug-likeness (QED) is 0.375.